The van der Waals surface area contributed by atoms with Gasteiger partial charge in [0.15, 0.2) is 11.5 Å². The highest BCUT2D eigenvalue weighted by Crippen LogP contribution is 2.30. The van der Waals surface area contributed by atoms with Crippen molar-refractivity contribution in [2.75, 3.05) is 19.8 Å². The molecule has 0 atom stereocenters. The second-order valence-corrected chi connectivity index (χ2v) is 5.21. The number of benzene rings is 2. The van der Waals surface area contributed by atoms with Gasteiger partial charge in [0.2, 0.25) is 0 Å². The Morgan fingerprint density at radius 1 is 0.955 bits per heavy atom. The van der Waals surface area contributed by atoms with Gasteiger partial charge >= 0.3 is 0 Å². The van der Waals surface area contributed by atoms with Gasteiger partial charge in [-0.25, -0.2) is 0 Å². The number of hydrogen-bond acceptors (Lipinski definition) is 4. The van der Waals surface area contributed by atoms with Crippen molar-refractivity contribution >= 4 is 0 Å². The van der Waals surface area contributed by atoms with Gasteiger partial charge in [0.1, 0.15) is 13.2 Å². The zero-order valence-corrected chi connectivity index (χ0v) is 12.3. The highest BCUT2D eigenvalue weighted by atomic mass is 16.6. The molecular weight excluding hydrogens is 276 g/mol. The fraction of sp³-hybridized carbons (Fsp3) is 0.278. The molecule has 0 aromatic heterocycles. The smallest absolute Gasteiger partial charge is 0.161 e. The van der Waals surface area contributed by atoms with Crippen molar-refractivity contribution in [2.45, 2.75) is 13.0 Å². The van der Waals surface area contributed by atoms with Crippen LogP contribution in [0.5, 0.6) is 11.5 Å². The molecule has 112 valence electrons. The third kappa shape index (κ3) is 3.57. The quantitative estimate of drug-likeness (QED) is 0.861. The number of hydrogen-bond donors (Lipinski definition) is 1. The number of rotatable bonds is 5. The van der Waals surface area contributed by atoms with E-state index in [0.29, 0.717) is 18.8 Å². The molecule has 4 heteroatoms. The number of fused-ring (bicyclic) bond motifs is 1. The molecule has 0 unspecified atom stereocenters. The summed E-state index contributed by atoms with van der Waals surface area (Å²) in [5.41, 5.74) is 3.11. The molecule has 2 aromatic carbocycles. The lowest BCUT2D eigenvalue weighted by molar-refractivity contribution is 0.171. The predicted molar refractivity (Wildman–Crippen MR) is 84.0 cm³/mol. The van der Waals surface area contributed by atoms with E-state index in [0.717, 1.165) is 31.0 Å². The fourth-order valence-electron chi connectivity index (χ4n) is 2.41. The molecule has 2 aromatic rings. The zero-order valence-electron chi connectivity index (χ0n) is 12.3. The summed E-state index contributed by atoms with van der Waals surface area (Å²) in [7, 11) is 0. The number of nitriles is 1. The SMILES string of the molecule is N#Cc1ccc(CNCCc2ccc3c(c2)OCCO3)cc1. The Balaban J connectivity index is 1.47. The van der Waals surface area contributed by atoms with Crippen molar-refractivity contribution in [3.63, 3.8) is 0 Å². The molecule has 0 aliphatic carbocycles. The Morgan fingerprint density at radius 2 is 1.68 bits per heavy atom. The van der Waals surface area contributed by atoms with Crippen LogP contribution in [0.3, 0.4) is 0 Å². The molecule has 0 amide bonds. The number of ether oxygens (including phenoxy) is 2. The topological polar surface area (TPSA) is 54.3 Å². The molecule has 22 heavy (non-hydrogen) atoms. The van der Waals surface area contributed by atoms with Crippen LogP contribution in [0.15, 0.2) is 42.5 Å². The van der Waals surface area contributed by atoms with E-state index in [4.69, 9.17) is 14.7 Å². The summed E-state index contributed by atoms with van der Waals surface area (Å²) in [6, 6.07) is 15.9. The van der Waals surface area contributed by atoms with Gasteiger partial charge in [0, 0.05) is 6.54 Å². The Hall–Kier alpha value is -2.51. The lowest BCUT2D eigenvalue weighted by atomic mass is 10.1. The zero-order chi connectivity index (χ0) is 15.2. The van der Waals surface area contributed by atoms with E-state index >= 15 is 0 Å². The highest BCUT2D eigenvalue weighted by molar-refractivity contribution is 5.43. The van der Waals surface area contributed by atoms with E-state index in [1.165, 1.54) is 11.1 Å². The largest absolute Gasteiger partial charge is 0.486 e. The molecule has 1 N–H and O–H groups in total. The lowest BCUT2D eigenvalue weighted by Gasteiger charge is -2.18. The van der Waals surface area contributed by atoms with Gasteiger partial charge in [-0.05, 0) is 48.4 Å². The van der Waals surface area contributed by atoms with Crippen LogP contribution in [-0.2, 0) is 13.0 Å². The van der Waals surface area contributed by atoms with Crippen LogP contribution in [0, 0.1) is 11.3 Å². The monoisotopic (exact) mass is 294 g/mol. The molecule has 0 saturated carbocycles. The molecule has 0 saturated heterocycles. The summed E-state index contributed by atoms with van der Waals surface area (Å²) < 4.78 is 11.1. The Morgan fingerprint density at radius 3 is 2.45 bits per heavy atom. The predicted octanol–water partition coefficient (Wildman–Crippen LogP) is 2.66. The van der Waals surface area contributed by atoms with Crippen LogP contribution in [0.1, 0.15) is 16.7 Å². The van der Waals surface area contributed by atoms with E-state index in [1.54, 1.807) is 0 Å². The van der Waals surface area contributed by atoms with Crippen molar-refractivity contribution in [3.8, 4) is 17.6 Å². The van der Waals surface area contributed by atoms with E-state index in [9.17, 15) is 0 Å². The molecule has 1 aliphatic heterocycles. The van der Waals surface area contributed by atoms with Crippen LogP contribution in [-0.4, -0.2) is 19.8 Å². The van der Waals surface area contributed by atoms with Crippen LogP contribution in [0.4, 0.5) is 0 Å². The summed E-state index contributed by atoms with van der Waals surface area (Å²) in [6.45, 7) is 2.93. The fourth-order valence-corrected chi connectivity index (χ4v) is 2.41. The summed E-state index contributed by atoms with van der Waals surface area (Å²) in [6.07, 6.45) is 0.937. The molecular formula is C18H18N2O2. The Labute approximate surface area is 130 Å². The van der Waals surface area contributed by atoms with Gasteiger partial charge < -0.3 is 14.8 Å². The molecule has 3 rings (SSSR count). The van der Waals surface area contributed by atoms with E-state index in [2.05, 4.69) is 23.5 Å². The third-order valence-corrected chi connectivity index (χ3v) is 3.61. The van der Waals surface area contributed by atoms with Crippen LogP contribution < -0.4 is 14.8 Å². The molecule has 4 nitrogen and oxygen atoms in total. The first kappa shape index (κ1) is 14.4. The molecule has 1 aliphatic rings. The Bertz CT molecular complexity index is 674. The van der Waals surface area contributed by atoms with Crippen molar-refractivity contribution in [1.29, 1.82) is 5.26 Å². The van der Waals surface area contributed by atoms with Crippen molar-refractivity contribution in [2.24, 2.45) is 0 Å². The first-order valence-corrected chi connectivity index (χ1v) is 7.43. The number of nitrogens with one attached hydrogen (secondary N) is 1. The average Bonchev–Trinajstić information content (AvgIpc) is 2.59. The standard InChI is InChI=1S/C18H18N2O2/c19-12-15-1-3-16(4-2-15)13-20-8-7-14-5-6-17-18(11-14)22-10-9-21-17/h1-6,11,20H,7-10,13H2. The maximum atomic E-state index is 8.77. The van der Waals surface area contributed by atoms with Crippen molar-refractivity contribution < 1.29 is 9.47 Å². The summed E-state index contributed by atoms with van der Waals surface area (Å²) in [4.78, 5) is 0. The molecule has 1 heterocycles. The summed E-state index contributed by atoms with van der Waals surface area (Å²) in [5.74, 6) is 1.68. The van der Waals surface area contributed by atoms with E-state index < -0.39 is 0 Å². The first-order valence-electron chi connectivity index (χ1n) is 7.43. The van der Waals surface area contributed by atoms with E-state index in [-0.39, 0.29) is 0 Å². The van der Waals surface area contributed by atoms with Crippen LogP contribution >= 0.6 is 0 Å². The minimum Gasteiger partial charge on any atom is -0.486 e. The van der Waals surface area contributed by atoms with E-state index in [1.807, 2.05) is 30.3 Å². The van der Waals surface area contributed by atoms with Gasteiger partial charge in [0.25, 0.3) is 0 Å². The normalized spacial score (nSPS) is 12.7. The van der Waals surface area contributed by atoms with Gasteiger partial charge in [0.05, 0.1) is 11.6 Å². The second kappa shape index (κ2) is 6.97. The van der Waals surface area contributed by atoms with Gasteiger partial charge in [-0.1, -0.05) is 18.2 Å². The summed E-state index contributed by atoms with van der Waals surface area (Å²) >= 11 is 0. The van der Waals surface area contributed by atoms with Crippen molar-refractivity contribution in [1.82, 2.24) is 5.32 Å². The Kier molecular flexibility index (Phi) is 4.57. The average molecular weight is 294 g/mol. The lowest BCUT2D eigenvalue weighted by Crippen LogP contribution is -2.17. The number of nitrogens with zero attached hydrogens (tertiary/aromatic N) is 1. The van der Waals surface area contributed by atoms with Crippen LogP contribution in [0.25, 0.3) is 0 Å². The minimum absolute atomic E-state index is 0.618. The molecule has 0 spiro atoms. The van der Waals surface area contributed by atoms with Crippen molar-refractivity contribution in [3.05, 3.63) is 59.2 Å². The molecule has 0 radical (unpaired) electrons. The molecule has 0 bridgehead atoms. The highest BCUT2D eigenvalue weighted by Gasteiger charge is 2.11. The first-order chi connectivity index (χ1) is 10.8. The maximum absolute atomic E-state index is 8.77. The maximum Gasteiger partial charge on any atom is 0.161 e. The summed E-state index contributed by atoms with van der Waals surface area (Å²) in [5, 5.41) is 12.2. The van der Waals surface area contributed by atoms with Gasteiger partial charge in [-0.3, -0.25) is 0 Å². The molecule has 0 fully saturated rings. The third-order valence-electron chi connectivity index (χ3n) is 3.61. The minimum atomic E-state index is 0.618. The van der Waals surface area contributed by atoms with Gasteiger partial charge in [-0.15, -0.1) is 0 Å². The van der Waals surface area contributed by atoms with Crippen LogP contribution in [0.2, 0.25) is 0 Å². The second-order valence-electron chi connectivity index (χ2n) is 5.21. The van der Waals surface area contributed by atoms with Gasteiger partial charge in [-0.2, -0.15) is 5.26 Å².